The lowest BCUT2D eigenvalue weighted by Crippen LogP contribution is -2.62. The van der Waals surface area contributed by atoms with Crippen LogP contribution >= 0.6 is 0 Å². The Kier molecular flexibility index (Phi) is 8.81. The Morgan fingerprint density at radius 1 is 0.960 bits per heavy atom. The summed E-state index contributed by atoms with van der Waals surface area (Å²) in [5.41, 5.74) is 0. The largest absolute Gasteiger partial charge is 0.463 e. The van der Waals surface area contributed by atoms with Crippen LogP contribution in [-0.2, 0) is 38.1 Å². The molecule has 0 bridgehead atoms. The zero-order chi connectivity index (χ0) is 19.0. The molecule has 144 valence electrons. The van der Waals surface area contributed by atoms with Crippen LogP contribution in [0, 0.1) is 0 Å². The van der Waals surface area contributed by atoms with Crippen molar-refractivity contribution < 1.29 is 43.2 Å². The summed E-state index contributed by atoms with van der Waals surface area (Å²) in [5.74, 6) is -1.83. The summed E-state index contributed by atoms with van der Waals surface area (Å²) in [4.78, 5) is 33.9. The number of unbranched alkanes of at least 4 members (excludes halogenated alkanes) is 1. The standard InChI is InChI=1S/C16H26O9/c1-5-6-7-21-13-12(8-22-9(2)17)25-16(20)15(24-11(4)19)14(13)23-10(3)18/h12-16,20H,5-8H2,1-4H3/t12-,13-,14+,15+,16+/m1/s1. The molecular formula is C16H26O9. The molecule has 0 saturated carbocycles. The number of aliphatic hydroxyl groups excluding tert-OH is 1. The van der Waals surface area contributed by atoms with Crippen molar-refractivity contribution in [1.82, 2.24) is 0 Å². The van der Waals surface area contributed by atoms with Crippen LogP contribution in [0.25, 0.3) is 0 Å². The predicted molar refractivity (Wildman–Crippen MR) is 83.3 cm³/mol. The van der Waals surface area contributed by atoms with E-state index in [1.807, 2.05) is 6.92 Å². The SMILES string of the molecule is CCCCO[C@H]1[C@H](OC(C)=O)[C@H](OC(C)=O)[C@@H](O)O[C@@H]1COC(C)=O. The number of rotatable bonds is 8. The molecule has 1 heterocycles. The molecular weight excluding hydrogens is 336 g/mol. The molecule has 1 aliphatic rings. The lowest BCUT2D eigenvalue weighted by Gasteiger charge is -2.43. The highest BCUT2D eigenvalue weighted by Crippen LogP contribution is 2.28. The van der Waals surface area contributed by atoms with Crippen molar-refractivity contribution in [3.05, 3.63) is 0 Å². The number of ether oxygens (including phenoxy) is 5. The minimum absolute atomic E-state index is 0.201. The van der Waals surface area contributed by atoms with E-state index in [2.05, 4.69) is 0 Å². The van der Waals surface area contributed by atoms with Crippen molar-refractivity contribution in [3.63, 3.8) is 0 Å². The van der Waals surface area contributed by atoms with Crippen LogP contribution in [0.5, 0.6) is 0 Å². The first-order valence-corrected chi connectivity index (χ1v) is 8.19. The van der Waals surface area contributed by atoms with Crippen LogP contribution in [0.1, 0.15) is 40.5 Å². The fraction of sp³-hybridized carbons (Fsp3) is 0.812. The van der Waals surface area contributed by atoms with Gasteiger partial charge in [0, 0.05) is 27.4 Å². The van der Waals surface area contributed by atoms with Gasteiger partial charge in [-0.15, -0.1) is 0 Å². The molecule has 0 amide bonds. The van der Waals surface area contributed by atoms with Gasteiger partial charge in [-0.2, -0.15) is 0 Å². The Morgan fingerprint density at radius 3 is 2.08 bits per heavy atom. The van der Waals surface area contributed by atoms with Crippen LogP contribution in [0.15, 0.2) is 0 Å². The van der Waals surface area contributed by atoms with Crippen molar-refractivity contribution in [2.75, 3.05) is 13.2 Å². The first-order chi connectivity index (χ1) is 11.8. The second kappa shape index (κ2) is 10.3. The average Bonchev–Trinajstić information content (AvgIpc) is 2.50. The second-order valence-electron chi connectivity index (χ2n) is 5.70. The van der Waals surface area contributed by atoms with E-state index in [0.717, 1.165) is 19.8 Å². The smallest absolute Gasteiger partial charge is 0.303 e. The van der Waals surface area contributed by atoms with E-state index in [1.165, 1.54) is 13.8 Å². The van der Waals surface area contributed by atoms with E-state index in [4.69, 9.17) is 23.7 Å². The molecule has 1 N–H and O–H groups in total. The van der Waals surface area contributed by atoms with Gasteiger partial charge >= 0.3 is 17.9 Å². The molecule has 1 rings (SSSR count). The highest BCUT2D eigenvalue weighted by atomic mass is 16.7. The van der Waals surface area contributed by atoms with E-state index in [9.17, 15) is 19.5 Å². The topological polar surface area (TPSA) is 118 Å². The molecule has 0 unspecified atom stereocenters. The summed E-state index contributed by atoms with van der Waals surface area (Å²) in [5, 5.41) is 10.1. The van der Waals surface area contributed by atoms with Gasteiger partial charge in [-0.05, 0) is 6.42 Å². The molecule has 9 heteroatoms. The molecule has 0 spiro atoms. The number of hydrogen-bond acceptors (Lipinski definition) is 9. The van der Waals surface area contributed by atoms with Gasteiger partial charge in [-0.3, -0.25) is 14.4 Å². The quantitative estimate of drug-likeness (QED) is 0.370. The van der Waals surface area contributed by atoms with Crippen LogP contribution in [0.3, 0.4) is 0 Å². The Bertz CT molecular complexity index is 465. The van der Waals surface area contributed by atoms with Gasteiger partial charge in [0.25, 0.3) is 0 Å². The first-order valence-electron chi connectivity index (χ1n) is 8.19. The number of carbonyl (C=O) groups is 3. The fourth-order valence-corrected chi connectivity index (χ4v) is 2.44. The maximum absolute atomic E-state index is 11.5. The van der Waals surface area contributed by atoms with Gasteiger partial charge in [0.05, 0.1) is 0 Å². The Balaban J connectivity index is 3.02. The summed E-state index contributed by atoms with van der Waals surface area (Å²) < 4.78 is 26.4. The van der Waals surface area contributed by atoms with Gasteiger partial charge in [-0.1, -0.05) is 13.3 Å². The zero-order valence-corrected chi connectivity index (χ0v) is 14.9. The normalized spacial score (nSPS) is 28.9. The molecule has 1 aliphatic heterocycles. The minimum atomic E-state index is -1.56. The molecule has 0 aromatic carbocycles. The van der Waals surface area contributed by atoms with E-state index in [1.54, 1.807) is 0 Å². The van der Waals surface area contributed by atoms with Crippen LogP contribution in [0.2, 0.25) is 0 Å². The lowest BCUT2D eigenvalue weighted by atomic mass is 9.98. The summed E-state index contributed by atoms with van der Waals surface area (Å²) in [6, 6.07) is 0. The summed E-state index contributed by atoms with van der Waals surface area (Å²) >= 11 is 0. The predicted octanol–water partition coefficient (Wildman–Crippen LogP) is 0.315. The summed E-state index contributed by atoms with van der Waals surface area (Å²) in [7, 11) is 0. The molecule has 1 fully saturated rings. The Morgan fingerprint density at radius 2 is 1.56 bits per heavy atom. The fourth-order valence-electron chi connectivity index (χ4n) is 2.44. The highest BCUT2D eigenvalue weighted by molar-refractivity contribution is 5.67. The van der Waals surface area contributed by atoms with E-state index in [0.29, 0.717) is 6.61 Å². The van der Waals surface area contributed by atoms with Crippen molar-refractivity contribution in [2.45, 2.75) is 71.2 Å². The van der Waals surface area contributed by atoms with Crippen molar-refractivity contribution in [1.29, 1.82) is 0 Å². The molecule has 0 aromatic heterocycles. The molecule has 9 nitrogen and oxygen atoms in total. The minimum Gasteiger partial charge on any atom is -0.463 e. The molecule has 0 aliphatic carbocycles. The number of hydrogen-bond donors (Lipinski definition) is 1. The lowest BCUT2D eigenvalue weighted by molar-refractivity contribution is -0.300. The van der Waals surface area contributed by atoms with Crippen molar-refractivity contribution >= 4 is 17.9 Å². The average molecular weight is 362 g/mol. The maximum Gasteiger partial charge on any atom is 0.303 e. The Hall–Kier alpha value is -1.71. The molecule has 1 saturated heterocycles. The van der Waals surface area contributed by atoms with Crippen molar-refractivity contribution in [2.24, 2.45) is 0 Å². The van der Waals surface area contributed by atoms with Gasteiger partial charge < -0.3 is 28.8 Å². The zero-order valence-electron chi connectivity index (χ0n) is 14.9. The maximum atomic E-state index is 11.5. The third-order valence-electron chi connectivity index (χ3n) is 3.47. The monoisotopic (exact) mass is 362 g/mol. The third kappa shape index (κ3) is 6.97. The van der Waals surface area contributed by atoms with Gasteiger partial charge in [0.1, 0.15) is 18.8 Å². The van der Waals surface area contributed by atoms with Crippen LogP contribution < -0.4 is 0 Å². The van der Waals surface area contributed by atoms with Crippen LogP contribution in [-0.4, -0.2) is 66.9 Å². The molecule has 0 aromatic rings. The molecule has 5 atom stereocenters. The molecule has 25 heavy (non-hydrogen) atoms. The Labute approximate surface area is 146 Å². The number of carbonyl (C=O) groups excluding carboxylic acids is 3. The second-order valence-corrected chi connectivity index (χ2v) is 5.70. The van der Waals surface area contributed by atoms with E-state index >= 15 is 0 Å². The molecule has 0 radical (unpaired) electrons. The van der Waals surface area contributed by atoms with Crippen molar-refractivity contribution in [3.8, 4) is 0 Å². The van der Waals surface area contributed by atoms with Gasteiger partial charge in [-0.25, -0.2) is 0 Å². The van der Waals surface area contributed by atoms with Crippen LogP contribution in [0.4, 0.5) is 0 Å². The number of esters is 3. The van der Waals surface area contributed by atoms with E-state index < -0.39 is 48.6 Å². The highest BCUT2D eigenvalue weighted by Gasteiger charge is 2.50. The van der Waals surface area contributed by atoms with Gasteiger partial charge in [0.2, 0.25) is 0 Å². The van der Waals surface area contributed by atoms with E-state index in [-0.39, 0.29) is 6.61 Å². The summed E-state index contributed by atoms with van der Waals surface area (Å²) in [6.45, 7) is 5.70. The summed E-state index contributed by atoms with van der Waals surface area (Å²) in [6.07, 6.45) is -4.04. The number of aliphatic hydroxyl groups is 1. The third-order valence-corrected chi connectivity index (χ3v) is 3.47. The first kappa shape index (κ1) is 21.3. The van der Waals surface area contributed by atoms with Gasteiger partial charge in [0.15, 0.2) is 18.5 Å².